The Morgan fingerprint density at radius 2 is 1.71 bits per heavy atom. The van der Waals surface area contributed by atoms with E-state index in [1.54, 1.807) is 29.2 Å². The van der Waals surface area contributed by atoms with Crippen molar-refractivity contribution in [2.24, 2.45) is 0 Å². The molecular weight excluding hydrogens is 306 g/mol. The molecule has 3 rings (SSSR count). The van der Waals surface area contributed by atoms with Crippen LogP contribution >= 0.6 is 0 Å². The number of carbonyl (C=O) groups excluding carboxylic acids is 2. The molecule has 1 aliphatic heterocycles. The van der Waals surface area contributed by atoms with Crippen LogP contribution in [0, 0.1) is 0 Å². The maximum Gasteiger partial charge on any atom is 0.415 e. The van der Waals surface area contributed by atoms with Crippen LogP contribution in [0.1, 0.15) is 35.8 Å². The standard InChI is InChI=1S/C19H19NO4/c1-19(2)16(13-7-5-4-6-8-13)20(18(22)24-19)15-11-9-14(10-12-15)17(21)23-3/h4-12,16H,1-3H3/t16-/m0/s1. The van der Waals surface area contributed by atoms with E-state index in [-0.39, 0.29) is 6.04 Å². The Labute approximate surface area is 140 Å². The molecule has 124 valence electrons. The zero-order valence-electron chi connectivity index (χ0n) is 13.9. The molecule has 0 spiro atoms. The van der Waals surface area contributed by atoms with Gasteiger partial charge in [0.25, 0.3) is 0 Å². The minimum absolute atomic E-state index is 0.254. The van der Waals surface area contributed by atoms with Crippen molar-refractivity contribution < 1.29 is 19.1 Å². The van der Waals surface area contributed by atoms with Gasteiger partial charge < -0.3 is 9.47 Å². The number of methoxy groups -OCH3 is 1. The van der Waals surface area contributed by atoms with Gasteiger partial charge in [-0.1, -0.05) is 30.3 Å². The van der Waals surface area contributed by atoms with Crippen LogP contribution in [0.4, 0.5) is 10.5 Å². The molecule has 0 aliphatic carbocycles. The molecule has 5 nitrogen and oxygen atoms in total. The monoisotopic (exact) mass is 325 g/mol. The molecule has 2 aromatic carbocycles. The minimum atomic E-state index is -0.667. The number of benzene rings is 2. The highest BCUT2D eigenvalue weighted by molar-refractivity contribution is 5.93. The molecule has 0 aromatic heterocycles. The number of cyclic esters (lactones) is 1. The summed E-state index contributed by atoms with van der Waals surface area (Å²) < 4.78 is 10.3. The van der Waals surface area contributed by atoms with Gasteiger partial charge in [0.2, 0.25) is 0 Å². The number of nitrogens with zero attached hydrogens (tertiary/aromatic N) is 1. The van der Waals surface area contributed by atoms with Gasteiger partial charge in [-0.2, -0.15) is 0 Å². The van der Waals surface area contributed by atoms with Gasteiger partial charge in [0, 0.05) is 5.69 Å². The van der Waals surface area contributed by atoms with E-state index in [4.69, 9.17) is 9.47 Å². The fourth-order valence-electron chi connectivity index (χ4n) is 3.06. The molecule has 0 N–H and O–H groups in total. The van der Waals surface area contributed by atoms with Crippen molar-refractivity contribution in [2.75, 3.05) is 12.0 Å². The van der Waals surface area contributed by atoms with Gasteiger partial charge >= 0.3 is 12.1 Å². The molecule has 2 aromatic rings. The Morgan fingerprint density at radius 1 is 1.08 bits per heavy atom. The summed E-state index contributed by atoms with van der Waals surface area (Å²) in [7, 11) is 1.34. The van der Waals surface area contributed by atoms with Gasteiger partial charge in [0.15, 0.2) is 0 Å². The molecule has 24 heavy (non-hydrogen) atoms. The van der Waals surface area contributed by atoms with E-state index in [9.17, 15) is 9.59 Å². The lowest BCUT2D eigenvalue weighted by molar-refractivity contribution is 0.0599. The smallest absolute Gasteiger partial charge is 0.415 e. The molecule has 1 aliphatic rings. The van der Waals surface area contributed by atoms with Crippen LogP contribution in [0.15, 0.2) is 54.6 Å². The molecule has 0 unspecified atom stereocenters. The van der Waals surface area contributed by atoms with E-state index in [1.165, 1.54) is 7.11 Å². The highest BCUT2D eigenvalue weighted by Gasteiger charge is 2.49. The number of hydrogen-bond acceptors (Lipinski definition) is 4. The third-order valence-corrected chi connectivity index (χ3v) is 4.15. The van der Waals surface area contributed by atoms with Crippen molar-refractivity contribution in [3.8, 4) is 0 Å². The SMILES string of the molecule is COC(=O)c1ccc(N2C(=O)OC(C)(C)[C@@H]2c2ccccc2)cc1. The molecule has 1 saturated heterocycles. The molecule has 0 radical (unpaired) electrons. The zero-order chi connectivity index (χ0) is 17.3. The molecule has 5 heteroatoms. The highest BCUT2D eigenvalue weighted by Crippen LogP contribution is 2.43. The summed E-state index contributed by atoms with van der Waals surface area (Å²) in [5.74, 6) is -0.412. The van der Waals surface area contributed by atoms with Gasteiger partial charge in [-0.25, -0.2) is 9.59 Å². The van der Waals surface area contributed by atoms with Crippen LogP contribution in [0.3, 0.4) is 0 Å². The number of hydrogen-bond donors (Lipinski definition) is 0. The molecule has 1 amide bonds. The van der Waals surface area contributed by atoms with Crippen molar-refractivity contribution in [1.82, 2.24) is 0 Å². The quantitative estimate of drug-likeness (QED) is 0.802. The first-order chi connectivity index (χ1) is 11.4. The van der Waals surface area contributed by atoms with E-state index in [1.807, 2.05) is 44.2 Å². The van der Waals surface area contributed by atoms with Crippen LogP contribution in [0.25, 0.3) is 0 Å². The van der Waals surface area contributed by atoms with E-state index < -0.39 is 17.7 Å². The molecule has 1 fully saturated rings. The zero-order valence-corrected chi connectivity index (χ0v) is 13.9. The minimum Gasteiger partial charge on any atom is -0.465 e. The maximum absolute atomic E-state index is 12.5. The maximum atomic E-state index is 12.5. The van der Waals surface area contributed by atoms with E-state index >= 15 is 0 Å². The normalized spacial score (nSPS) is 19.0. The number of rotatable bonds is 3. The Bertz CT molecular complexity index is 753. The van der Waals surface area contributed by atoms with Crippen LogP contribution in [0.5, 0.6) is 0 Å². The van der Waals surface area contributed by atoms with Crippen molar-refractivity contribution in [3.63, 3.8) is 0 Å². The van der Waals surface area contributed by atoms with E-state index in [0.29, 0.717) is 11.3 Å². The summed E-state index contributed by atoms with van der Waals surface area (Å²) in [6.45, 7) is 3.79. The number of amides is 1. The lowest BCUT2D eigenvalue weighted by Gasteiger charge is -2.29. The predicted molar refractivity (Wildman–Crippen MR) is 90.0 cm³/mol. The Morgan fingerprint density at radius 3 is 2.29 bits per heavy atom. The van der Waals surface area contributed by atoms with Crippen LogP contribution in [-0.4, -0.2) is 24.8 Å². The topological polar surface area (TPSA) is 55.8 Å². The number of ether oxygens (including phenoxy) is 2. The molecular formula is C19H19NO4. The number of carbonyl (C=O) groups is 2. The van der Waals surface area contributed by atoms with Gasteiger partial charge in [-0.15, -0.1) is 0 Å². The first kappa shape index (κ1) is 16.1. The van der Waals surface area contributed by atoms with Crippen molar-refractivity contribution >= 4 is 17.7 Å². The highest BCUT2D eigenvalue weighted by atomic mass is 16.6. The summed E-state index contributed by atoms with van der Waals surface area (Å²) in [5, 5.41) is 0. The van der Waals surface area contributed by atoms with Crippen molar-refractivity contribution in [2.45, 2.75) is 25.5 Å². The molecule has 1 atom stereocenters. The first-order valence-electron chi connectivity index (χ1n) is 7.69. The fourth-order valence-corrected chi connectivity index (χ4v) is 3.06. The second-order valence-electron chi connectivity index (χ2n) is 6.19. The molecule has 0 saturated carbocycles. The average Bonchev–Trinajstić information content (AvgIpc) is 2.83. The van der Waals surface area contributed by atoms with E-state index in [2.05, 4.69) is 0 Å². The second kappa shape index (κ2) is 6.00. The summed E-state index contributed by atoms with van der Waals surface area (Å²) in [6, 6.07) is 16.2. The molecule has 1 heterocycles. The van der Waals surface area contributed by atoms with E-state index in [0.717, 1.165) is 5.56 Å². The third-order valence-electron chi connectivity index (χ3n) is 4.15. The Kier molecular flexibility index (Phi) is 4.01. The second-order valence-corrected chi connectivity index (χ2v) is 6.19. The predicted octanol–water partition coefficient (Wildman–Crippen LogP) is 3.95. The van der Waals surface area contributed by atoms with Crippen LogP contribution < -0.4 is 4.90 Å². The third kappa shape index (κ3) is 2.73. The summed E-state index contributed by atoms with van der Waals surface area (Å²) in [6.07, 6.45) is -0.403. The Hall–Kier alpha value is -2.82. The molecule has 0 bridgehead atoms. The van der Waals surface area contributed by atoms with Gasteiger partial charge in [0.1, 0.15) is 11.6 Å². The summed E-state index contributed by atoms with van der Waals surface area (Å²) in [5.41, 5.74) is 1.43. The van der Waals surface area contributed by atoms with Crippen LogP contribution in [0.2, 0.25) is 0 Å². The fraction of sp³-hybridized carbons (Fsp3) is 0.263. The van der Waals surface area contributed by atoms with Crippen molar-refractivity contribution in [1.29, 1.82) is 0 Å². The van der Waals surface area contributed by atoms with Gasteiger partial charge in [-0.3, -0.25) is 4.90 Å². The van der Waals surface area contributed by atoms with Gasteiger partial charge in [-0.05, 0) is 43.7 Å². The van der Waals surface area contributed by atoms with Gasteiger partial charge in [0.05, 0.1) is 12.7 Å². The Balaban J connectivity index is 2.01. The van der Waals surface area contributed by atoms with Crippen LogP contribution in [-0.2, 0) is 9.47 Å². The lowest BCUT2D eigenvalue weighted by Crippen LogP contribution is -2.33. The largest absolute Gasteiger partial charge is 0.465 e. The summed E-state index contributed by atoms with van der Waals surface area (Å²) in [4.78, 5) is 25.7. The number of esters is 1. The summed E-state index contributed by atoms with van der Waals surface area (Å²) >= 11 is 0. The lowest BCUT2D eigenvalue weighted by atomic mass is 9.91. The average molecular weight is 325 g/mol. The van der Waals surface area contributed by atoms with Crippen molar-refractivity contribution in [3.05, 3.63) is 65.7 Å². The first-order valence-corrected chi connectivity index (χ1v) is 7.69. The number of anilines is 1.